The second-order valence-electron chi connectivity index (χ2n) is 4.30. The molecule has 6 nitrogen and oxygen atoms in total. The molecule has 0 saturated carbocycles. The lowest BCUT2D eigenvalue weighted by Gasteiger charge is -2.05. The zero-order chi connectivity index (χ0) is 12.9. The largest absolute Gasteiger partial charge is 0.369 e. The number of hydrogen-bond acceptors (Lipinski definition) is 5. The second-order valence-corrected chi connectivity index (χ2v) is 5.24. The smallest absolute Gasteiger partial charge is 0.202 e. The number of rotatable bonds is 2. The Labute approximate surface area is 108 Å². The van der Waals surface area contributed by atoms with Crippen LogP contribution < -0.4 is 5.73 Å². The number of thiazole rings is 1. The first-order valence-electron chi connectivity index (χ1n) is 5.62. The van der Waals surface area contributed by atoms with Crippen molar-refractivity contribution in [3.63, 3.8) is 0 Å². The topological polar surface area (TPSA) is 74.6 Å². The van der Waals surface area contributed by atoms with Gasteiger partial charge in [-0.05, 0) is 13.8 Å². The van der Waals surface area contributed by atoms with Crippen molar-refractivity contribution in [1.82, 2.24) is 24.3 Å². The fourth-order valence-electron chi connectivity index (χ4n) is 2.13. The summed E-state index contributed by atoms with van der Waals surface area (Å²) in [6.07, 6.45) is 0. The minimum Gasteiger partial charge on any atom is -0.369 e. The fraction of sp³-hybridized carbons (Fsp3) is 0.364. The van der Waals surface area contributed by atoms with Crippen molar-refractivity contribution in [3.8, 4) is 0 Å². The summed E-state index contributed by atoms with van der Waals surface area (Å²) in [6.45, 7) is 4.64. The molecule has 3 rings (SSSR count). The van der Waals surface area contributed by atoms with Crippen molar-refractivity contribution < 1.29 is 0 Å². The number of imidazole rings is 1. The molecule has 0 aliphatic carbocycles. The summed E-state index contributed by atoms with van der Waals surface area (Å²) in [6, 6.07) is 0. The standard InChI is InChI=1S/C11H14N6S/c1-6-8(18-5-13-6)4-17-10-9(14-11(17)12)7(2)15-16(10)3/h5H,4H2,1-3H3,(H2,12,14). The van der Waals surface area contributed by atoms with Crippen molar-refractivity contribution in [3.05, 3.63) is 21.8 Å². The summed E-state index contributed by atoms with van der Waals surface area (Å²) in [4.78, 5) is 9.84. The molecule has 0 aromatic carbocycles. The third-order valence-corrected chi connectivity index (χ3v) is 3.99. The SMILES string of the molecule is Cc1ncsc1Cn1c(N)nc2c(C)nn(C)c21. The van der Waals surface area contributed by atoms with Crippen molar-refractivity contribution in [2.45, 2.75) is 20.4 Å². The second kappa shape index (κ2) is 3.81. The number of anilines is 1. The van der Waals surface area contributed by atoms with E-state index in [2.05, 4.69) is 15.1 Å². The molecule has 0 aliphatic heterocycles. The van der Waals surface area contributed by atoms with Gasteiger partial charge >= 0.3 is 0 Å². The van der Waals surface area contributed by atoms with Crippen LogP contribution in [0.15, 0.2) is 5.51 Å². The Morgan fingerprint density at radius 2 is 2.11 bits per heavy atom. The van der Waals surface area contributed by atoms with Gasteiger partial charge in [-0.25, -0.2) is 9.97 Å². The van der Waals surface area contributed by atoms with Gasteiger partial charge in [0, 0.05) is 11.9 Å². The van der Waals surface area contributed by atoms with E-state index in [4.69, 9.17) is 5.73 Å². The summed E-state index contributed by atoms with van der Waals surface area (Å²) in [5.41, 5.74) is 11.6. The molecule has 3 aromatic heterocycles. The predicted molar refractivity (Wildman–Crippen MR) is 71.6 cm³/mol. The van der Waals surface area contributed by atoms with Crippen LogP contribution in [0.4, 0.5) is 5.95 Å². The third-order valence-electron chi connectivity index (χ3n) is 3.07. The quantitative estimate of drug-likeness (QED) is 0.759. The number of nitrogens with zero attached hydrogens (tertiary/aromatic N) is 5. The Bertz CT molecular complexity index is 719. The summed E-state index contributed by atoms with van der Waals surface area (Å²) in [7, 11) is 1.91. The van der Waals surface area contributed by atoms with Gasteiger partial charge in [0.2, 0.25) is 5.95 Å². The monoisotopic (exact) mass is 262 g/mol. The van der Waals surface area contributed by atoms with E-state index in [9.17, 15) is 0 Å². The minimum absolute atomic E-state index is 0.522. The molecule has 94 valence electrons. The van der Waals surface area contributed by atoms with Crippen LogP contribution in [0.1, 0.15) is 16.3 Å². The first kappa shape index (κ1) is 11.2. The van der Waals surface area contributed by atoms with Crippen LogP contribution in [-0.4, -0.2) is 24.3 Å². The van der Waals surface area contributed by atoms with E-state index in [1.807, 2.05) is 35.7 Å². The Kier molecular flexibility index (Phi) is 2.37. The molecular weight excluding hydrogens is 248 g/mol. The normalized spacial score (nSPS) is 11.5. The average Bonchev–Trinajstić information content (AvgIpc) is 2.92. The third kappa shape index (κ3) is 1.51. The van der Waals surface area contributed by atoms with Gasteiger partial charge in [0.25, 0.3) is 0 Å². The number of fused-ring (bicyclic) bond motifs is 1. The summed E-state index contributed by atoms with van der Waals surface area (Å²) < 4.78 is 3.81. The lowest BCUT2D eigenvalue weighted by atomic mass is 10.4. The van der Waals surface area contributed by atoms with Gasteiger partial charge in [-0.3, -0.25) is 9.25 Å². The lowest BCUT2D eigenvalue weighted by molar-refractivity contribution is 0.727. The zero-order valence-corrected chi connectivity index (χ0v) is 11.3. The number of hydrogen-bond donors (Lipinski definition) is 1. The number of aryl methyl sites for hydroxylation is 3. The molecule has 0 bridgehead atoms. The van der Waals surface area contributed by atoms with E-state index < -0.39 is 0 Å². The van der Waals surface area contributed by atoms with Crippen LogP contribution >= 0.6 is 11.3 Å². The summed E-state index contributed by atoms with van der Waals surface area (Å²) >= 11 is 1.63. The van der Waals surface area contributed by atoms with E-state index in [1.54, 1.807) is 11.3 Å². The van der Waals surface area contributed by atoms with Crippen LogP contribution in [0, 0.1) is 13.8 Å². The Morgan fingerprint density at radius 1 is 1.33 bits per heavy atom. The Hall–Kier alpha value is -1.89. The van der Waals surface area contributed by atoms with Crippen molar-refractivity contribution in [2.75, 3.05) is 5.73 Å². The highest BCUT2D eigenvalue weighted by Crippen LogP contribution is 2.23. The van der Waals surface area contributed by atoms with E-state index in [0.29, 0.717) is 12.5 Å². The summed E-state index contributed by atoms with van der Waals surface area (Å²) in [5, 5.41) is 4.37. The van der Waals surface area contributed by atoms with E-state index >= 15 is 0 Å². The highest BCUT2D eigenvalue weighted by atomic mass is 32.1. The van der Waals surface area contributed by atoms with Gasteiger partial charge in [0.15, 0.2) is 5.65 Å². The lowest BCUT2D eigenvalue weighted by Crippen LogP contribution is -2.07. The molecule has 0 unspecified atom stereocenters. The van der Waals surface area contributed by atoms with E-state index in [-0.39, 0.29) is 0 Å². The molecule has 18 heavy (non-hydrogen) atoms. The molecule has 0 amide bonds. The maximum absolute atomic E-state index is 6.00. The molecule has 0 radical (unpaired) electrons. The maximum atomic E-state index is 6.00. The molecule has 0 saturated heterocycles. The highest BCUT2D eigenvalue weighted by Gasteiger charge is 2.16. The number of nitrogen functional groups attached to an aromatic ring is 1. The molecular formula is C11H14N6S. The molecule has 2 N–H and O–H groups in total. The average molecular weight is 262 g/mol. The molecule has 0 spiro atoms. The van der Waals surface area contributed by atoms with Crippen LogP contribution in [0.25, 0.3) is 11.2 Å². The van der Waals surface area contributed by atoms with Crippen LogP contribution in [0.3, 0.4) is 0 Å². The van der Waals surface area contributed by atoms with Crippen LogP contribution in [0.5, 0.6) is 0 Å². The first-order chi connectivity index (χ1) is 8.58. The number of nitrogens with two attached hydrogens (primary N) is 1. The molecule has 0 atom stereocenters. The fourth-order valence-corrected chi connectivity index (χ4v) is 2.89. The van der Waals surface area contributed by atoms with E-state index in [1.165, 1.54) is 4.88 Å². The minimum atomic E-state index is 0.522. The molecule has 0 fully saturated rings. The van der Waals surface area contributed by atoms with Crippen LogP contribution in [-0.2, 0) is 13.6 Å². The van der Waals surface area contributed by atoms with Gasteiger partial charge in [-0.2, -0.15) is 5.10 Å². The molecule has 3 aromatic rings. The molecule has 7 heteroatoms. The predicted octanol–water partition coefficient (Wildman–Crippen LogP) is 1.47. The van der Waals surface area contributed by atoms with Gasteiger partial charge in [-0.15, -0.1) is 11.3 Å². The molecule has 3 heterocycles. The van der Waals surface area contributed by atoms with Gasteiger partial charge in [0.05, 0.1) is 23.4 Å². The maximum Gasteiger partial charge on any atom is 0.202 e. The van der Waals surface area contributed by atoms with E-state index in [0.717, 1.165) is 22.6 Å². The Balaban J connectivity index is 2.17. The highest BCUT2D eigenvalue weighted by molar-refractivity contribution is 7.09. The van der Waals surface area contributed by atoms with Crippen molar-refractivity contribution >= 4 is 28.4 Å². The molecule has 0 aliphatic rings. The van der Waals surface area contributed by atoms with Gasteiger partial charge in [0.1, 0.15) is 5.52 Å². The zero-order valence-electron chi connectivity index (χ0n) is 10.5. The van der Waals surface area contributed by atoms with Crippen molar-refractivity contribution in [1.29, 1.82) is 0 Å². The van der Waals surface area contributed by atoms with Crippen LogP contribution in [0.2, 0.25) is 0 Å². The number of aromatic nitrogens is 5. The summed E-state index contributed by atoms with van der Waals surface area (Å²) in [5.74, 6) is 0.522. The Morgan fingerprint density at radius 3 is 2.78 bits per heavy atom. The van der Waals surface area contributed by atoms with Gasteiger partial charge < -0.3 is 5.73 Å². The van der Waals surface area contributed by atoms with Crippen molar-refractivity contribution in [2.24, 2.45) is 7.05 Å². The van der Waals surface area contributed by atoms with Gasteiger partial charge in [-0.1, -0.05) is 0 Å². The first-order valence-corrected chi connectivity index (χ1v) is 6.50.